The third kappa shape index (κ3) is 3.91. The minimum Gasteiger partial charge on any atom is -0.481 e. The predicted molar refractivity (Wildman–Crippen MR) is 98.5 cm³/mol. The minimum absolute atomic E-state index is 0.000808. The van der Waals surface area contributed by atoms with E-state index in [0.29, 0.717) is 24.2 Å². The van der Waals surface area contributed by atoms with E-state index < -0.39 is 5.97 Å². The molecule has 0 radical (unpaired) electrons. The van der Waals surface area contributed by atoms with Crippen LogP contribution in [0.1, 0.15) is 34.8 Å². The van der Waals surface area contributed by atoms with Crippen LogP contribution in [0.3, 0.4) is 0 Å². The molecule has 2 N–H and O–H groups in total. The number of hydrogen-bond donors (Lipinski definition) is 2. The van der Waals surface area contributed by atoms with Crippen molar-refractivity contribution in [3.8, 4) is 0 Å². The number of nitrogens with zero attached hydrogens (tertiary/aromatic N) is 1. The Kier molecular flexibility index (Phi) is 5.02. The van der Waals surface area contributed by atoms with E-state index in [1.807, 2.05) is 18.2 Å². The zero-order valence-corrected chi connectivity index (χ0v) is 14.5. The van der Waals surface area contributed by atoms with E-state index in [-0.39, 0.29) is 18.2 Å². The number of rotatable bonds is 5. The number of carboxylic acids is 1. The molecule has 1 aliphatic heterocycles. The van der Waals surface area contributed by atoms with Gasteiger partial charge in [0.25, 0.3) is 5.91 Å². The molecule has 0 atom stereocenters. The molecule has 1 aliphatic rings. The van der Waals surface area contributed by atoms with Crippen molar-refractivity contribution in [1.29, 1.82) is 0 Å². The average Bonchev–Trinajstić information content (AvgIpc) is 3.03. The maximum absolute atomic E-state index is 12.5. The summed E-state index contributed by atoms with van der Waals surface area (Å²) in [5, 5.41) is 11.6. The lowest BCUT2D eigenvalue weighted by atomic mass is 10.1. The maximum Gasteiger partial charge on any atom is 0.303 e. The Balaban J connectivity index is 1.72. The maximum atomic E-state index is 12.5. The van der Waals surface area contributed by atoms with Gasteiger partial charge in [-0.25, -0.2) is 0 Å². The molecule has 1 heterocycles. The Hall–Kier alpha value is -3.15. The average molecular weight is 352 g/mol. The molecule has 0 saturated carbocycles. The summed E-state index contributed by atoms with van der Waals surface area (Å²) < 4.78 is 0. The first-order chi connectivity index (χ1) is 12.4. The van der Waals surface area contributed by atoms with Gasteiger partial charge in [-0.2, -0.15) is 0 Å². The van der Waals surface area contributed by atoms with Crippen LogP contribution in [0.15, 0.2) is 42.5 Å². The van der Waals surface area contributed by atoms with E-state index in [1.165, 1.54) is 6.92 Å². The minimum atomic E-state index is -0.850. The highest BCUT2D eigenvalue weighted by atomic mass is 16.4. The monoisotopic (exact) mass is 352 g/mol. The Labute approximate surface area is 151 Å². The van der Waals surface area contributed by atoms with E-state index in [0.717, 1.165) is 23.2 Å². The van der Waals surface area contributed by atoms with Crippen LogP contribution in [0.2, 0.25) is 0 Å². The number of carbonyl (C=O) groups excluding carboxylic acids is 2. The van der Waals surface area contributed by atoms with Crippen molar-refractivity contribution < 1.29 is 19.5 Å². The normalized spacial score (nSPS) is 12.6. The second-order valence-corrected chi connectivity index (χ2v) is 6.31. The van der Waals surface area contributed by atoms with Crippen LogP contribution in [0.4, 0.5) is 11.4 Å². The van der Waals surface area contributed by atoms with Gasteiger partial charge >= 0.3 is 5.97 Å². The van der Waals surface area contributed by atoms with E-state index >= 15 is 0 Å². The van der Waals surface area contributed by atoms with E-state index in [1.54, 1.807) is 29.2 Å². The molecule has 0 saturated heterocycles. The predicted octanol–water partition coefficient (Wildman–Crippen LogP) is 2.87. The van der Waals surface area contributed by atoms with Crippen LogP contribution in [0.25, 0.3) is 0 Å². The number of amides is 2. The first-order valence-corrected chi connectivity index (χ1v) is 8.47. The molecule has 6 heteroatoms. The van der Waals surface area contributed by atoms with E-state index in [9.17, 15) is 14.4 Å². The summed E-state index contributed by atoms with van der Waals surface area (Å²) in [4.78, 5) is 36.5. The van der Waals surface area contributed by atoms with Crippen molar-refractivity contribution in [1.82, 2.24) is 0 Å². The molecule has 0 fully saturated rings. The van der Waals surface area contributed by atoms with Crippen LogP contribution in [-0.2, 0) is 22.4 Å². The molecular formula is C20H20N2O4. The van der Waals surface area contributed by atoms with Gasteiger partial charge in [0.2, 0.25) is 5.91 Å². The van der Waals surface area contributed by atoms with Gasteiger partial charge in [-0.05, 0) is 54.3 Å². The first-order valence-electron chi connectivity index (χ1n) is 8.47. The smallest absolute Gasteiger partial charge is 0.303 e. The van der Waals surface area contributed by atoms with Gasteiger partial charge in [0, 0.05) is 36.8 Å². The molecular weight excluding hydrogens is 332 g/mol. The highest BCUT2D eigenvalue weighted by molar-refractivity contribution is 6.05. The molecule has 2 aromatic rings. The zero-order valence-electron chi connectivity index (χ0n) is 14.5. The summed E-state index contributed by atoms with van der Waals surface area (Å²) in [6, 6.07) is 12.5. The number of hydrogen-bond acceptors (Lipinski definition) is 3. The molecule has 2 aromatic carbocycles. The number of aliphatic carboxylic acids is 1. The van der Waals surface area contributed by atoms with Crippen LogP contribution in [0.5, 0.6) is 0 Å². The number of carbonyl (C=O) groups is 3. The van der Waals surface area contributed by atoms with Crippen LogP contribution < -0.4 is 10.2 Å². The van der Waals surface area contributed by atoms with Crippen molar-refractivity contribution in [2.45, 2.75) is 26.2 Å². The Morgan fingerprint density at radius 3 is 2.69 bits per heavy atom. The zero-order chi connectivity index (χ0) is 18.7. The third-order valence-electron chi connectivity index (χ3n) is 4.43. The summed E-state index contributed by atoms with van der Waals surface area (Å²) in [7, 11) is 0. The fourth-order valence-corrected chi connectivity index (χ4v) is 3.13. The second kappa shape index (κ2) is 7.39. The van der Waals surface area contributed by atoms with Crippen molar-refractivity contribution in [2.75, 3.05) is 16.8 Å². The number of fused-ring (bicyclic) bond motifs is 1. The lowest BCUT2D eigenvalue weighted by molar-refractivity contribution is -0.137. The Morgan fingerprint density at radius 1 is 1.15 bits per heavy atom. The van der Waals surface area contributed by atoms with Gasteiger partial charge in [-0.3, -0.25) is 14.4 Å². The highest BCUT2D eigenvalue weighted by Crippen LogP contribution is 2.29. The number of carboxylic acid groups (broad SMARTS) is 1. The van der Waals surface area contributed by atoms with E-state index in [2.05, 4.69) is 5.32 Å². The Morgan fingerprint density at radius 2 is 1.96 bits per heavy atom. The second-order valence-electron chi connectivity index (χ2n) is 6.31. The third-order valence-corrected chi connectivity index (χ3v) is 4.43. The number of anilines is 2. The quantitative estimate of drug-likeness (QED) is 0.866. The van der Waals surface area contributed by atoms with Gasteiger partial charge in [0.15, 0.2) is 0 Å². The van der Waals surface area contributed by atoms with Gasteiger partial charge in [0.1, 0.15) is 0 Å². The highest BCUT2D eigenvalue weighted by Gasteiger charge is 2.23. The van der Waals surface area contributed by atoms with Crippen molar-refractivity contribution >= 4 is 29.2 Å². The molecule has 6 nitrogen and oxygen atoms in total. The summed E-state index contributed by atoms with van der Waals surface area (Å²) >= 11 is 0. The molecule has 0 aliphatic carbocycles. The number of benzene rings is 2. The van der Waals surface area contributed by atoms with Gasteiger partial charge in [0.05, 0.1) is 0 Å². The van der Waals surface area contributed by atoms with Gasteiger partial charge in [-0.1, -0.05) is 12.1 Å². The number of nitrogens with one attached hydrogen (secondary N) is 1. The summed E-state index contributed by atoms with van der Waals surface area (Å²) in [6.07, 6.45) is 1.20. The molecule has 0 spiro atoms. The molecule has 0 aromatic heterocycles. The molecule has 0 unspecified atom stereocenters. The summed E-state index contributed by atoms with van der Waals surface area (Å²) in [6.45, 7) is 2.18. The fourth-order valence-electron chi connectivity index (χ4n) is 3.13. The van der Waals surface area contributed by atoms with Crippen LogP contribution >= 0.6 is 0 Å². The fraction of sp³-hybridized carbons (Fsp3) is 0.250. The lowest BCUT2D eigenvalue weighted by Gasteiger charge is -2.15. The first kappa shape index (κ1) is 17.7. The van der Waals surface area contributed by atoms with Gasteiger partial charge in [-0.15, -0.1) is 0 Å². The molecule has 3 rings (SSSR count). The topological polar surface area (TPSA) is 86.7 Å². The summed E-state index contributed by atoms with van der Waals surface area (Å²) in [5.74, 6) is -1.08. The molecule has 2 amide bonds. The largest absolute Gasteiger partial charge is 0.481 e. The van der Waals surface area contributed by atoms with Crippen molar-refractivity contribution in [2.24, 2.45) is 0 Å². The van der Waals surface area contributed by atoms with Crippen molar-refractivity contribution in [3.05, 3.63) is 59.2 Å². The Bertz CT molecular complexity index is 876. The van der Waals surface area contributed by atoms with Crippen LogP contribution in [0, 0.1) is 0 Å². The van der Waals surface area contributed by atoms with Crippen molar-refractivity contribution in [3.63, 3.8) is 0 Å². The van der Waals surface area contributed by atoms with Gasteiger partial charge < -0.3 is 15.3 Å². The SMILES string of the molecule is CC(=O)N1CCc2cc(C(=O)Nc3cccc(CCC(=O)O)c3)ccc21. The molecule has 0 bridgehead atoms. The molecule has 26 heavy (non-hydrogen) atoms. The lowest BCUT2D eigenvalue weighted by Crippen LogP contribution is -2.25. The number of aryl methyl sites for hydroxylation is 1. The molecule has 134 valence electrons. The summed E-state index contributed by atoms with van der Waals surface area (Å²) in [5.41, 5.74) is 3.87. The van der Waals surface area contributed by atoms with E-state index in [4.69, 9.17) is 5.11 Å². The van der Waals surface area contributed by atoms with Crippen LogP contribution in [-0.4, -0.2) is 29.4 Å². The standard InChI is InChI=1S/C20H20N2O4/c1-13(23)22-10-9-15-12-16(6-7-18(15)22)20(26)21-17-4-2-3-14(11-17)5-8-19(24)25/h2-4,6-7,11-12H,5,8-10H2,1H3,(H,21,26)(H,24,25).